The van der Waals surface area contributed by atoms with Gasteiger partial charge in [-0.25, -0.2) is 0 Å². The molecule has 0 aliphatic carbocycles. The Balaban J connectivity index is 1.62. The van der Waals surface area contributed by atoms with E-state index in [0.717, 1.165) is 11.1 Å². The molecule has 0 saturated carbocycles. The molecular weight excluding hydrogens is 358 g/mol. The van der Waals surface area contributed by atoms with E-state index < -0.39 is 0 Å². The average molecular weight is 378 g/mol. The van der Waals surface area contributed by atoms with Crippen LogP contribution < -0.4 is 24.3 Å². The lowest BCUT2D eigenvalue weighted by Crippen LogP contribution is -2.24. The van der Waals surface area contributed by atoms with E-state index in [1.807, 2.05) is 12.1 Å². The van der Waals surface area contributed by atoms with Crippen molar-refractivity contribution in [2.24, 2.45) is 0 Å². The Labute approximate surface area is 157 Å². The predicted molar refractivity (Wildman–Crippen MR) is 97.5 cm³/mol. The van der Waals surface area contributed by atoms with E-state index in [1.165, 1.54) is 0 Å². The standard InChI is InChI=1S/C19H20ClNO5/c1-23-15-4-3-12(8-16(15)24-2)11-21-18(22)10-13-7-14(20)19-17(9-13)25-5-6-26-19/h3-4,7-9H,5-6,10-11H2,1-2H3,(H,21,22). The highest BCUT2D eigenvalue weighted by Gasteiger charge is 2.17. The summed E-state index contributed by atoms with van der Waals surface area (Å²) in [4.78, 5) is 12.3. The van der Waals surface area contributed by atoms with E-state index in [2.05, 4.69) is 5.32 Å². The summed E-state index contributed by atoms with van der Waals surface area (Å²) >= 11 is 6.20. The first-order valence-electron chi connectivity index (χ1n) is 8.16. The quantitative estimate of drug-likeness (QED) is 0.838. The molecule has 0 saturated heterocycles. The van der Waals surface area contributed by atoms with Crippen molar-refractivity contribution in [3.05, 3.63) is 46.5 Å². The van der Waals surface area contributed by atoms with Crippen LogP contribution in [0.15, 0.2) is 30.3 Å². The second-order valence-corrected chi connectivity index (χ2v) is 6.15. The van der Waals surface area contributed by atoms with Gasteiger partial charge < -0.3 is 24.3 Å². The molecule has 138 valence electrons. The molecule has 1 aliphatic heterocycles. The molecule has 0 aromatic heterocycles. The van der Waals surface area contributed by atoms with E-state index in [4.69, 9.17) is 30.5 Å². The molecule has 3 rings (SSSR count). The first kappa shape index (κ1) is 18.2. The maximum Gasteiger partial charge on any atom is 0.224 e. The van der Waals surface area contributed by atoms with Gasteiger partial charge in [-0.15, -0.1) is 0 Å². The molecule has 0 spiro atoms. The number of hydrogen-bond acceptors (Lipinski definition) is 5. The van der Waals surface area contributed by atoms with Crippen LogP contribution >= 0.6 is 11.6 Å². The molecule has 0 bridgehead atoms. The third-order valence-electron chi connectivity index (χ3n) is 3.96. The van der Waals surface area contributed by atoms with Crippen LogP contribution in [0.4, 0.5) is 0 Å². The smallest absolute Gasteiger partial charge is 0.224 e. The number of ether oxygens (including phenoxy) is 4. The molecule has 0 atom stereocenters. The number of fused-ring (bicyclic) bond motifs is 1. The van der Waals surface area contributed by atoms with Gasteiger partial charge in [0.1, 0.15) is 13.2 Å². The van der Waals surface area contributed by atoms with E-state index in [9.17, 15) is 4.79 Å². The molecule has 2 aromatic rings. The summed E-state index contributed by atoms with van der Waals surface area (Å²) in [6.45, 7) is 1.33. The largest absolute Gasteiger partial charge is 0.493 e. The van der Waals surface area contributed by atoms with E-state index in [1.54, 1.807) is 32.4 Å². The number of carbonyl (C=O) groups is 1. The predicted octanol–water partition coefficient (Wildman–Crippen LogP) is 2.99. The number of nitrogens with one attached hydrogen (secondary N) is 1. The number of carbonyl (C=O) groups excluding carboxylic acids is 1. The van der Waals surface area contributed by atoms with Crippen LogP contribution in [0, 0.1) is 0 Å². The summed E-state index contributed by atoms with van der Waals surface area (Å²) in [5, 5.41) is 3.33. The SMILES string of the molecule is COc1ccc(CNC(=O)Cc2cc(Cl)c3c(c2)OCCO3)cc1OC. The van der Waals surface area contributed by atoms with Crippen molar-refractivity contribution in [2.75, 3.05) is 27.4 Å². The van der Waals surface area contributed by atoms with Gasteiger partial charge >= 0.3 is 0 Å². The molecule has 1 heterocycles. The summed E-state index contributed by atoms with van der Waals surface area (Å²) in [6, 6.07) is 9.03. The van der Waals surface area contributed by atoms with Gasteiger partial charge in [-0.05, 0) is 35.4 Å². The second kappa shape index (κ2) is 8.19. The number of hydrogen-bond donors (Lipinski definition) is 1. The molecule has 0 radical (unpaired) electrons. The lowest BCUT2D eigenvalue weighted by atomic mass is 10.1. The maximum atomic E-state index is 12.3. The Kier molecular flexibility index (Phi) is 5.73. The normalized spacial score (nSPS) is 12.4. The lowest BCUT2D eigenvalue weighted by molar-refractivity contribution is -0.120. The molecule has 2 aromatic carbocycles. The van der Waals surface area contributed by atoms with Gasteiger partial charge in [0.2, 0.25) is 5.91 Å². The van der Waals surface area contributed by atoms with Crippen molar-refractivity contribution < 1.29 is 23.7 Å². The number of benzene rings is 2. The zero-order chi connectivity index (χ0) is 18.5. The minimum atomic E-state index is -0.118. The Morgan fingerprint density at radius 3 is 2.62 bits per heavy atom. The van der Waals surface area contributed by atoms with Gasteiger partial charge in [0, 0.05) is 6.54 Å². The van der Waals surface area contributed by atoms with Gasteiger partial charge in [-0.2, -0.15) is 0 Å². The third-order valence-corrected chi connectivity index (χ3v) is 4.24. The van der Waals surface area contributed by atoms with Gasteiger partial charge in [0.25, 0.3) is 0 Å². The Morgan fingerprint density at radius 2 is 1.85 bits per heavy atom. The molecule has 1 aliphatic rings. The topological polar surface area (TPSA) is 66.0 Å². The van der Waals surface area contributed by atoms with Crippen molar-refractivity contribution in [2.45, 2.75) is 13.0 Å². The number of rotatable bonds is 6. The Hall–Kier alpha value is -2.60. The highest BCUT2D eigenvalue weighted by molar-refractivity contribution is 6.32. The highest BCUT2D eigenvalue weighted by atomic mass is 35.5. The molecule has 26 heavy (non-hydrogen) atoms. The first-order valence-corrected chi connectivity index (χ1v) is 8.54. The van der Waals surface area contributed by atoms with Crippen molar-refractivity contribution in [3.8, 4) is 23.0 Å². The monoisotopic (exact) mass is 377 g/mol. The van der Waals surface area contributed by atoms with Crippen molar-refractivity contribution in [1.82, 2.24) is 5.32 Å². The molecule has 0 unspecified atom stereocenters. The Morgan fingerprint density at radius 1 is 1.08 bits per heavy atom. The van der Waals surface area contributed by atoms with Gasteiger partial charge in [-0.3, -0.25) is 4.79 Å². The lowest BCUT2D eigenvalue weighted by Gasteiger charge is -2.20. The van der Waals surface area contributed by atoms with Crippen molar-refractivity contribution in [3.63, 3.8) is 0 Å². The second-order valence-electron chi connectivity index (χ2n) is 5.74. The molecule has 6 nitrogen and oxygen atoms in total. The molecule has 1 amide bonds. The van der Waals surface area contributed by atoms with E-state index in [0.29, 0.717) is 47.8 Å². The fourth-order valence-corrected chi connectivity index (χ4v) is 2.99. The van der Waals surface area contributed by atoms with Gasteiger partial charge in [0.15, 0.2) is 23.0 Å². The van der Waals surface area contributed by atoms with Crippen LogP contribution in [0.5, 0.6) is 23.0 Å². The third kappa shape index (κ3) is 4.14. The van der Waals surface area contributed by atoms with Crippen LogP contribution in [-0.2, 0) is 17.8 Å². The highest BCUT2D eigenvalue weighted by Crippen LogP contribution is 2.38. The minimum Gasteiger partial charge on any atom is -0.493 e. The van der Waals surface area contributed by atoms with Crippen LogP contribution in [0.25, 0.3) is 0 Å². The molecule has 0 fully saturated rings. The van der Waals surface area contributed by atoms with Gasteiger partial charge in [0.05, 0.1) is 25.7 Å². The van der Waals surface area contributed by atoms with Crippen LogP contribution in [0.3, 0.4) is 0 Å². The zero-order valence-corrected chi connectivity index (χ0v) is 15.4. The summed E-state index contributed by atoms with van der Waals surface area (Å²) in [5.41, 5.74) is 1.68. The first-order chi connectivity index (χ1) is 12.6. The Bertz CT molecular complexity index is 809. The number of amides is 1. The summed E-state index contributed by atoms with van der Waals surface area (Å²) in [5.74, 6) is 2.26. The fourth-order valence-electron chi connectivity index (χ4n) is 2.71. The molecule has 7 heteroatoms. The number of methoxy groups -OCH3 is 2. The fraction of sp³-hybridized carbons (Fsp3) is 0.316. The zero-order valence-electron chi connectivity index (χ0n) is 14.6. The molecule has 1 N–H and O–H groups in total. The van der Waals surface area contributed by atoms with Gasteiger partial charge in [-0.1, -0.05) is 17.7 Å². The minimum absolute atomic E-state index is 0.118. The van der Waals surface area contributed by atoms with Crippen LogP contribution in [0.2, 0.25) is 5.02 Å². The molecular formula is C19H20ClNO5. The number of halogens is 1. The van der Waals surface area contributed by atoms with E-state index in [-0.39, 0.29) is 12.3 Å². The van der Waals surface area contributed by atoms with E-state index >= 15 is 0 Å². The maximum absolute atomic E-state index is 12.3. The summed E-state index contributed by atoms with van der Waals surface area (Å²) in [7, 11) is 3.16. The van der Waals surface area contributed by atoms with Crippen molar-refractivity contribution >= 4 is 17.5 Å². The van der Waals surface area contributed by atoms with Crippen LogP contribution in [-0.4, -0.2) is 33.3 Å². The van der Waals surface area contributed by atoms with Crippen molar-refractivity contribution in [1.29, 1.82) is 0 Å². The summed E-state index contributed by atoms with van der Waals surface area (Å²) in [6.07, 6.45) is 0.198. The average Bonchev–Trinajstić information content (AvgIpc) is 2.66. The summed E-state index contributed by atoms with van der Waals surface area (Å²) < 4.78 is 21.5. The van der Waals surface area contributed by atoms with Crippen LogP contribution in [0.1, 0.15) is 11.1 Å².